The van der Waals surface area contributed by atoms with Crippen LogP contribution in [0.2, 0.25) is 0 Å². The monoisotopic (exact) mass is 175 g/mol. The van der Waals surface area contributed by atoms with Crippen molar-refractivity contribution in [2.24, 2.45) is 0 Å². The number of halogens is 1. The maximum absolute atomic E-state index is 5.59. The molecule has 0 bridgehead atoms. The molecule has 0 saturated heterocycles. The van der Waals surface area contributed by atoms with Crippen LogP contribution in [0.4, 0.5) is 0 Å². The molecule has 0 atom stereocenters. The van der Waals surface area contributed by atoms with Gasteiger partial charge in [-0.15, -0.1) is 23.4 Å². The van der Waals surface area contributed by atoms with Crippen LogP contribution in [0.25, 0.3) is 0 Å². The first-order valence-electron chi connectivity index (χ1n) is 3.13. The molecule has 10 heavy (non-hydrogen) atoms. The van der Waals surface area contributed by atoms with Crippen LogP contribution in [0.15, 0.2) is 23.4 Å². The third kappa shape index (κ3) is 1.70. The highest BCUT2D eigenvalue weighted by Crippen LogP contribution is 2.14. The number of hydrogen-bond donors (Lipinski definition) is 0. The largest absolute Gasteiger partial charge is 0.342 e. The second kappa shape index (κ2) is 3.94. The normalized spacial score (nSPS) is 10.2. The number of nitrogens with zero attached hydrogens (tertiary/aromatic N) is 1. The maximum Gasteiger partial charge on any atom is 0.0745 e. The smallest absolute Gasteiger partial charge is 0.0745 e. The summed E-state index contributed by atoms with van der Waals surface area (Å²) in [5, 5.41) is 1.28. The van der Waals surface area contributed by atoms with Crippen molar-refractivity contribution in [2.75, 3.05) is 12.1 Å². The molecule has 0 aromatic carbocycles. The summed E-state index contributed by atoms with van der Waals surface area (Å²) in [5.74, 6) is 0.683. The lowest BCUT2D eigenvalue weighted by atomic mass is 10.7. The van der Waals surface area contributed by atoms with Crippen LogP contribution in [0.3, 0.4) is 0 Å². The summed E-state index contributed by atoms with van der Waals surface area (Å²) in [4.78, 5) is 0. The molecule has 0 unspecified atom stereocenters. The van der Waals surface area contributed by atoms with Gasteiger partial charge in [-0.1, -0.05) is 0 Å². The number of aryl methyl sites for hydroxylation is 1. The lowest BCUT2D eigenvalue weighted by molar-refractivity contribution is 0.709. The molecule has 1 heterocycles. The third-order valence-corrected chi connectivity index (χ3v) is 2.28. The highest BCUT2D eigenvalue weighted by Gasteiger charge is 1.95. The van der Waals surface area contributed by atoms with Crippen molar-refractivity contribution < 1.29 is 0 Å². The summed E-state index contributed by atoms with van der Waals surface area (Å²) in [5.41, 5.74) is 0. The van der Waals surface area contributed by atoms with Gasteiger partial charge in [0.25, 0.3) is 0 Å². The molecule has 1 aromatic rings. The van der Waals surface area contributed by atoms with Crippen molar-refractivity contribution in [3.63, 3.8) is 0 Å². The quantitative estimate of drug-likeness (QED) is 0.505. The summed E-state index contributed by atoms with van der Waals surface area (Å²) in [6.45, 7) is 0.907. The molecule has 1 nitrogen and oxygen atoms in total. The fourth-order valence-electron chi connectivity index (χ4n) is 0.860. The van der Waals surface area contributed by atoms with Crippen LogP contribution in [-0.4, -0.2) is 16.7 Å². The first-order chi connectivity index (χ1) is 4.88. The Bertz CT molecular complexity index is 197. The van der Waals surface area contributed by atoms with Gasteiger partial charge in [-0.25, -0.2) is 0 Å². The van der Waals surface area contributed by atoms with Gasteiger partial charge in [0.05, 0.1) is 5.03 Å². The van der Waals surface area contributed by atoms with Crippen LogP contribution in [-0.2, 0) is 6.54 Å². The molecule has 0 amide bonds. The van der Waals surface area contributed by atoms with Crippen molar-refractivity contribution in [3.8, 4) is 0 Å². The lowest BCUT2D eigenvalue weighted by Gasteiger charge is -2.02. The Kier molecular flexibility index (Phi) is 3.16. The van der Waals surface area contributed by atoms with Crippen molar-refractivity contribution in [2.45, 2.75) is 11.6 Å². The zero-order valence-corrected chi connectivity index (χ0v) is 7.45. The van der Waals surface area contributed by atoms with Crippen LogP contribution >= 0.6 is 23.4 Å². The van der Waals surface area contributed by atoms with Gasteiger partial charge in [0.15, 0.2) is 0 Å². The van der Waals surface area contributed by atoms with E-state index in [0.717, 1.165) is 6.54 Å². The number of hydrogen-bond acceptors (Lipinski definition) is 1. The Morgan fingerprint density at radius 3 is 3.10 bits per heavy atom. The van der Waals surface area contributed by atoms with Crippen LogP contribution in [0, 0.1) is 0 Å². The van der Waals surface area contributed by atoms with Gasteiger partial charge >= 0.3 is 0 Å². The number of alkyl halides is 1. The van der Waals surface area contributed by atoms with E-state index in [1.165, 1.54) is 5.03 Å². The van der Waals surface area contributed by atoms with Crippen LogP contribution in [0.5, 0.6) is 0 Å². The minimum absolute atomic E-state index is 0.683. The summed E-state index contributed by atoms with van der Waals surface area (Å²) in [7, 11) is 0. The van der Waals surface area contributed by atoms with E-state index >= 15 is 0 Å². The molecule has 1 aromatic heterocycles. The van der Waals surface area contributed by atoms with Crippen molar-refractivity contribution >= 4 is 23.4 Å². The van der Waals surface area contributed by atoms with E-state index in [9.17, 15) is 0 Å². The van der Waals surface area contributed by atoms with Gasteiger partial charge in [0.1, 0.15) is 0 Å². The Labute approximate surface area is 70.4 Å². The molecular formula is C7H10ClNS. The van der Waals surface area contributed by atoms with Gasteiger partial charge in [-0.05, 0) is 18.4 Å². The van der Waals surface area contributed by atoms with Gasteiger partial charge in [-0.2, -0.15) is 0 Å². The molecule has 0 radical (unpaired) electrons. The van der Waals surface area contributed by atoms with E-state index < -0.39 is 0 Å². The maximum atomic E-state index is 5.59. The van der Waals surface area contributed by atoms with E-state index in [4.69, 9.17) is 11.6 Å². The molecule has 0 aliphatic carbocycles. The van der Waals surface area contributed by atoms with Gasteiger partial charge in [0.2, 0.25) is 0 Å². The summed E-state index contributed by atoms with van der Waals surface area (Å²) in [6, 6.07) is 4.13. The Hall–Kier alpha value is -0.0800. The standard InChI is InChI=1S/C7H10ClNS/c1-10-7-3-2-5-9(7)6-4-8/h2-3,5H,4,6H2,1H3. The third-order valence-electron chi connectivity index (χ3n) is 1.32. The molecular weight excluding hydrogens is 166 g/mol. The average Bonchev–Trinajstić information content (AvgIpc) is 2.36. The molecule has 0 saturated carbocycles. The van der Waals surface area contributed by atoms with E-state index in [-0.39, 0.29) is 0 Å². The summed E-state index contributed by atoms with van der Waals surface area (Å²) >= 11 is 7.34. The number of aromatic nitrogens is 1. The average molecular weight is 176 g/mol. The molecule has 0 fully saturated rings. The Morgan fingerprint density at radius 1 is 1.70 bits per heavy atom. The first kappa shape index (κ1) is 8.02. The van der Waals surface area contributed by atoms with E-state index in [0.29, 0.717) is 5.88 Å². The van der Waals surface area contributed by atoms with Crippen LogP contribution < -0.4 is 0 Å². The Morgan fingerprint density at radius 2 is 2.50 bits per heavy atom. The van der Waals surface area contributed by atoms with Crippen molar-refractivity contribution in [3.05, 3.63) is 18.3 Å². The summed E-state index contributed by atoms with van der Waals surface area (Å²) < 4.78 is 2.15. The number of thioether (sulfide) groups is 1. The van der Waals surface area contributed by atoms with Crippen molar-refractivity contribution in [1.82, 2.24) is 4.57 Å². The van der Waals surface area contributed by atoms with Gasteiger partial charge in [0, 0.05) is 18.6 Å². The minimum atomic E-state index is 0.683. The molecule has 0 N–H and O–H groups in total. The molecule has 3 heteroatoms. The number of rotatable bonds is 3. The Balaban J connectivity index is 2.70. The second-order valence-electron chi connectivity index (χ2n) is 1.93. The SMILES string of the molecule is CSc1cccn1CCCl. The highest BCUT2D eigenvalue weighted by molar-refractivity contribution is 7.98. The lowest BCUT2D eigenvalue weighted by Crippen LogP contribution is -1.97. The first-order valence-corrected chi connectivity index (χ1v) is 4.89. The molecule has 0 spiro atoms. The molecule has 0 aliphatic rings. The molecule has 56 valence electrons. The van der Waals surface area contributed by atoms with Crippen molar-refractivity contribution in [1.29, 1.82) is 0 Å². The van der Waals surface area contributed by atoms with Gasteiger partial charge < -0.3 is 4.57 Å². The summed E-state index contributed by atoms with van der Waals surface area (Å²) in [6.07, 6.45) is 4.12. The highest BCUT2D eigenvalue weighted by atomic mass is 35.5. The molecule has 0 aliphatic heterocycles. The fourth-order valence-corrected chi connectivity index (χ4v) is 1.64. The van der Waals surface area contributed by atoms with E-state index in [2.05, 4.69) is 16.9 Å². The minimum Gasteiger partial charge on any atom is -0.342 e. The van der Waals surface area contributed by atoms with E-state index in [1.807, 2.05) is 12.3 Å². The molecule has 1 rings (SSSR count). The predicted octanol–water partition coefficient (Wildman–Crippen LogP) is 2.45. The zero-order valence-electron chi connectivity index (χ0n) is 5.88. The second-order valence-corrected chi connectivity index (χ2v) is 3.14. The topological polar surface area (TPSA) is 4.93 Å². The van der Waals surface area contributed by atoms with Gasteiger partial charge in [-0.3, -0.25) is 0 Å². The fraction of sp³-hybridized carbons (Fsp3) is 0.429. The van der Waals surface area contributed by atoms with Crippen LogP contribution in [0.1, 0.15) is 0 Å². The predicted molar refractivity (Wildman–Crippen MR) is 46.9 cm³/mol. The zero-order chi connectivity index (χ0) is 7.40. The van der Waals surface area contributed by atoms with E-state index in [1.54, 1.807) is 11.8 Å².